The van der Waals surface area contributed by atoms with Crippen LogP contribution in [0.3, 0.4) is 0 Å². The predicted molar refractivity (Wildman–Crippen MR) is 59.0 cm³/mol. The first-order valence-corrected chi connectivity index (χ1v) is 5.80. The summed E-state index contributed by atoms with van der Waals surface area (Å²) in [7, 11) is 0. The van der Waals surface area contributed by atoms with Crippen molar-refractivity contribution in [1.29, 1.82) is 0 Å². The Hall–Kier alpha value is -0.670. The summed E-state index contributed by atoms with van der Waals surface area (Å²) >= 11 is 1.59. The fourth-order valence-corrected chi connectivity index (χ4v) is 2.85. The molecule has 0 aliphatic carbocycles. The molecule has 1 atom stereocenters. The van der Waals surface area contributed by atoms with E-state index in [-0.39, 0.29) is 11.3 Å². The first-order chi connectivity index (χ1) is 6.62. The number of Topliss-reactive ketones (excluding diaryl/α,β-unsaturated/α-hetero) is 1. The number of carbonyl (C=O) groups excluding carboxylic acids is 1. The molecule has 0 aromatic carbocycles. The van der Waals surface area contributed by atoms with Crippen molar-refractivity contribution in [3.63, 3.8) is 0 Å². The van der Waals surface area contributed by atoms with Crippen LogP contribution in [0.4, 0.5) is 0 Å². The number of aryl methyl sites for hydroxylation is 1. The summed E-state index contributed by atoms with van der Waals surface area (Å²) in [4.78, 5) is 14.2. The van der Waals surface area contributed by atoms with E-state index < -0.39 is 0 Å². The highest BCUT2D eigenvalue weighted by Gasteiger charge is 2.36. The molecule has 1 aliphatic heterocycles. The predicted octanol–water partition coefficient (Wildman–Crippen LogP) is 2.38. The van der Waals surface area contributed by atoms with E-state index in [1.54, 1.807) is 11.3 Å². The smallest absolute Gasteiger partial charge is 0.192 e. The summed E-state index contributed by atoms with van der Waals surface area (Å²) in [5.74, 6) is 0.258. The quantitative estimate of drug-likeness (QED) is 0.758. The normalized spacial score (nSPS) is 26.7. The summed E-state index contributed by atoms with van der Waals surface area (Å²) in [5, 5.41) is 3.30. The molecule has 1 aliphatic rings. The standard InChI is InChI=1S/C11H15NOS/c1-8-4-5-9(14-8)10(13)11(2)6-3-7-12-11/h4-5,12H,3,6-7H2,1-2H3. The lowest BCUT2D eigenvalue weighted by atomic mass is 9.94. The van der Waals surface area contributed by atoms with Crippen LogP contribution in [-0.4, -0.2) is 17.9 Å². The molecule has 0 saturated carbocycles. The van der Waals surface area contributed by atoms with Crippen molar-refractivity contribution in [2.45, 2.75) is 32.2 Å². The van der Waals surface area contributed by atoms with Crippen molar-refractivity contribution in [3.8, 4) is 0 Å². The van der Waals surface area contributed by atoms with Crippen LogP contribution in [0.5, 0.6) is 0 Å². The van der Waals surface area contributed by atoms with Crippen LogP contribution < -0.4 is 5.32 Å². The minimum Gasteiger partial charge on any atom is -0.305 e. The zero-order valence-electron chi connectivity index (χ0n) is 8.59. The summed E-state index contributed by atoms with van der Waals surface area (Å²) in [6, 6.07) is 3.95. The summed E-state index contributed by atoms with van der Waals surface area (Å²) < 4.78 is 0. The van der Waals surface area contributed by atoms with Gasteiger partial charge in [0, 0.05) is 4.88 Å². The number of ketones is 1. The number of hydrogen-bond donors (Lipinski definition) is 1. The Morgan fingerprint density at radius 2 is 2.36 bits per heavy atom. The van der Waals surface area contributed by atoms with Crippen LogP contribution in [0.25, 0.3) is 0 Å². The molecule has 0 bridgehead atoms. The van der Waals surface area contributed by atoms with Crippen molar-refractivity contribution in [2.75, 3.05) is 6.54 Å². The van der Waals surface area contributed by atoms with Crippen LogP contribution in [-0.2, 0) is 0 Å². The van der Waals surface area contributed by atoms with Crippen molar-refractivity contribution in [2.24, 2.45) is 0 Å². The lowest BCUT2D eigenvalue weighted by molar-refractivity contribution is 0.0888. The average molecular weight is 209 g/mol. The molecule has 1 unspecified atom stereocenters. The van der Waals surface area contributed by atoms with Gasteiger partial charge in [0.1, 0.15) is 0 Å². The molecular weight excluding hydrogens is 194 g/mol. The highest BCUT2D eigenvalue weighted by molar-refractivity contribution is 7.14. The Balaban J connectivity index is 2.23. The maximum atomic E-state index is 12.1. The molecule has 2 nitrogen and oxygen atoms in total. The topological polar surface area (TPSA) is 29.1 Å². The molecule has 1 aromatic heterocycles. The van der Waals surface area contributed by atoms with Crippen molar-refractivity contribution in [1.82, 2.24) is 5.32 Å². The Kier molecular flexibility index (Phi) is 2.45. The lowest BCUT2D eigenvalue weighted by Crippen LogP contribution is -2.44. The first-order valence-electron chi connectivity index (χ1n) is 4.98. The van der Waals surface area contributed by atoms with E-state index in [1.165, 1.54) is 4.88 Å². The molecule has 2 heterocycles. The van der Waals surface area contributed by atoms with Gasteiger partial charge in [0.25, 0.3) is 0 Å². The van der Waals surface area contributed by atoms with Crippen molar-refractivity contribution in [3.05, 3.63) is 21.9 Å². The van der Waals surface area contributed by atoms with Crippen LogP contribution in [0.1, 0.15) is 34.3 Å². The number of hydrogen-bond acceptors (Lipinski definition) is 3. The van der Waals surface area contributed by atoms with Crippen LogP contribution in [0.2, 0.25) is 0 Å². The molecule has 0 spiro atoms. The number of nitrogens with one attached hydrogen (secondary N) is 1. The summed E-state index contributed by atoms with van der Waals surface area (Å²) in [6.07, 6.45) is 2.06. The van der Waals surface area contributed by atoms with E-state index in [0.29, 0.717) is 0 Å². The molecule has 2 rings (SSSR count). The maximum Gasteiger partial charge on any atom is 0.192 e. The van der Waals surface area contributed by atoms with Gasteiger partial charge in [-0.1, -0.05) is 0 Å². The minimum absolute atomic E-state index is 0.258. The molecule has 76 valence electrons. The largest absolute Gasteiger partial charge is 0.305 e. The number of rotatable bonds is 2. The van der Waals surface area contributed by atoms with Gasteiger partial charge in [0.15, 0.2) is 5.78 Å². The highest BCUT2D eigenvalue weighted by atomic mass is 32.1. The fourth-order valence-electron chi connectivity index (χ4n) is 1.92. The second-order valence-corrected chi connectivity index (χ2v) is 5.39. The monoisotopic (exact) mass is 209 g/mol. The summed E-state index contributed by atoms with van der Waals surface area (Å²) in [5.41, 5.74) is -0.308. The van der Waals surface area contributed by atoms with Gasteiger partial charge in [-0.05, 0) is 45.4 Å². The molecule has 1 saturated heterocycles. The van der Waals surface area contributed by atoms with Gasteiger partial charge < -0.3 is 5.32 Å². The zero-order valence-corrected chi connectivity index (χ0v) is 9.41. The van der Waals surface area contributed by atoms with Crippen molar-refractivity contribution >= 4 is 17.1 Å². The number of thiophene rings is 1. The minimum atomic E-state index is -0.308. The van der Waals surface area contributed by atoms with Gasteiger partial charge in [0.05, 0.1) is 10.4 Å². The fraction of sp³-hybridized carbons (Fsp3) is 0.545. The first kappa shape index (κ1) is 9.87. The SMILES string of the molecule is Cc1ccc(C(=O)C2(C)CCCN2)s1. The zero-order chi connectivity index (χ0) is 10.2. The maximum absolute atomic E-state index is 12.1. The second kappa shape index (κ2) is 3.48. The number of carbonyl (C=O) groups is 1. The molecule has 1 fully saturated rings. The van der Waals surface area contributed by atoms with Crippen LogP contribution in [0, 0.1) is 6.92 Å². The molecular formula is C11H15NOS. The van der Waals surface area contributed by atoms with E-state index in [1.807, 2.05) is 26.0 Å². The Morgan fingerprint density at radius 3 is 2.86 bits per heavy atom. The third-order valence-corrected chi connectivity index (χ3v) is 3.83. The van der Waals surface area contributed by atoms with E-state index in [4.69, 9.17) is 0 Å². The Morgan fingerprint density at radius 1 is 1.57 bits per heavy atom. The van der Waals surface area contributed by atoms with Gasteiger partial charge in [-0.3, -0.25) is 4.79 Å². The third-order valence-electron chi connectivity index (χ3n) is 2.83. The van der Waals surface area contributed by atoms with Gasteiger partial charge in [-0.2, -0.15) is 0 Å². The third kappa shape index (κ3) is 1.62. The van der Waals surface area contributed by atoms with Gasteiger partial charge in [0.2, 0.25) is 0 Å². The molecule has 0 amide bonds. The van der Waals surface area contributed by atoms with Crippen LogP contribution in [0.15, 0.2) is 12.1 Å². The molecule has 0 radical (unpaired) electrons. The Bertz CT molecular complexity index is 350. The van der Waals surface area contributed by atoms with E-state index in [0.717, 1.165) is 24.3 Å². The summed E-state index contributed by atoms with van der Waals surface area (Å²) in [6.45, 7) is 5.01. The van der Waals surface area contributed by atoms with Crippen molar-refractivity contribution < 1.29 is 4.79 Å². The highest BCUT2D eigenvalue weighted by Crippen LogP contribution is 2.26. The van der Waals surface area contributed by atoms with Crippen LogP contribution >= 0.6 is 11.3 Å². The molecule has 3 heteroatoms. The van der Waals surface area contributed by atoms with Gasteiger partial charge in [-0.15, -0.1) is 11.3 Å². The second-order valence-electron chi connectivity index (χ2n) is 4.10. The molecule has 14 heavy (non-hydrogen) atoms. The molecule has 1 aromatic rings. The molecule has 1 N–H and O–H groups in total. The van der Waals surface area contributed by atoms with Gasteiger partial charge >= 0.3 is 0 Å². The Labute approximate surface area is 88.3 Å². The van der Waals surface area contributed by atoms with E-state index in [2.05, 4.69) is 5.32 Å². The van der Waals surface area contributed by atoms with E-state index >= 15 is 0 Å². The average Bonchev–Trinajstić information content (AvgIpc) is 2.74. The lowest BCUT2D eigenvalue weighted by Gasteiger charge is -2.21. The van der Waals surface area contributed by atoms with Gasteiger partial charge in [-0.25, -0.2) is 0 Å². The van der Waals surface area contributed by atoms with E-state index in [9.17, 15) is 4.79 Å².